The van der Waals surface area contributed by atoms with Crippen LogP contribution in [0.2, 0.25) is 0 Å². The molecule has 2 N–H and O–H groups in total. The van der Waals surface area contributed by atoms with Crippen LogP contribution in [-0.4, -0.2) is 57.1 Å². The van der Waals surface area contributed by atoms with Gasteiger partial charge in [-0.2, -0.15) is 0 Å². The molecule has 0 spiro atoms. The van der Waals surface area contributed by atoms with Gasteiger partial charge >= 0.3 is 0 Å². The Balaban J connectivity index is 1.34. The van der Waals surface area contributed by atoms with Gasteiger partial charge in [0.25, 0.3) is 11.8 Å². The number of anilines is 1. The molecule has 36 heavy (non-hydrogen) atoms. The van der Waals surface area contributed by atoms with Gasteiger partial charge in [0, 0.05) is 30.1 Å². The van der Waals surface area contributed by atoms with Gasteiger partial charge in [-0.15, -0.1) is 0 Å². The molecule has 8 heteroatoms. The Bertz CT molecular complexity index is 1140. The molecule has 2 aliphatic rings. The number of piperidine rings is 1. The zero-order valence-corrected chi connectivity index (χ0v) is 22.2. The molecule has 2 unspecified atom stereocenters. The number of nitrogens with one attached hydrogen (secondary N) is 2. The molecule has 2 aliphatic heterocycles. The van der Waals surface area contributed by atoms with E-state index in [9.17, 15) is 9.59 Å². The van der Waals surface area contributed by atoms with Crippen LogP contribution >= 0.6 is 11.8 Å². The van der Waals surface area contributed by atoms with Crippen LogP contribution in [0.25, 0.3) is 6.08 Å². The van der Waals surface area contributed by atoms with E-state index in [4.69, 9.17) is 9.47 Å². The van der Waals surface area contributed by atoms with Crippen molar-refractivity contribution in [2.75, 3.05) is 45.7 Å². The largest absolute Gasteiger partial charge is 0.493 e. The second-order valence-corrected chi connectivity index (χ2v) is 10.8. The quantitative estimate of drug-likeness (QED) is 0.390. The number of amides is 2. The van der Waals surface area contributed by atoms with Gasteiger partial charge in [-0.05, 0) is 73.2 Å². The van der Waals surface area contributed by atoms with E-state index < -0.39 is 0 Å². The van der Waals surface area contributed by atoms with Gasteiger partial charge in [0.1, 0.15) is 0 Å². The van der Waals surface area contributed by atoms with Gasteiger partial charge in [0.2, 0.25) is 0 Å². The van der Waals surface area contributed by atoms with E-state index in [0.717, 1.165) is 48.3 Å². The molecule has 1 fully saturated rings. The van der Waals surface area contributed by atoms with Crippen LogP contribution in [-0.2, 0) is 4.79 Å². The van der Waals surface area contributed by atoms with Crippen molar-refractivity contribution in [1.29, 1.82) is 0 Å². The fraction of sp³-hybridized carbons (Fsp3) is 0.429. The number of carbonyl (C=O) groups excluding carboxylic acids is 2. The number of fused-ring (bicyclic) bond motifs is 1. The normalized spacial score (nSPS) is 21.0. The third-order valence-corrected chi connectivity index (χ3v) is 7.62. The van der Waals surface area contributed by atoms with Crippen molar-refractivity contribution in [3.8, 4) is 11.5 Å². The summed E-state index contributed by atoms with van der Waals surface area (Å²) in [5, 5.41) is 5.95. The van der Waals surface area contributed by atoms with Crippen molar-refractivity contribution in [3.63, 3.8) is 0 Å². The lowest BCUT2D eigenvalue weighted by Crippen LogP contribution is -2.40. The Morgan fingerprint density at radius 2 is 1.86 bits per heavy atom. The van der Waals surface area contributed by atoms with Crippen LogP contribution in [0.15, 0.2) is 46.2 Å². The number of nitrogens with zero attached hydrogens (tertiary/aromatic N) is 1. The third kappa shape index (κ3) is 6.42. The lowest BCUT2D eigenvalue weighted by Gasteiger charge is -2.34. The fourth-order valence-electron chi connectivity index (χ4n) is 4.98. The van der Waals surface area contributed by atoms with Crippen LogP contribution in [0.5, 0.6) is 11.5 Å². The highest BCUT2D eigenvalue weighted by Gasteiger charge is 2.23. The van der Waals surface area contributed by atoms with Crippen molar-refractivity contribution >= 4 is 35.3 Å². The van der Waals surface area contributed by atoms with Gasteiger partial charge in [-0.1, -0.05) is 31.7 Å². The lowest BCUT2D eigenvalue weighted by molar-refractivity contribution is -0.112. The first-order chi connectivity index (χ1) is 17.4. The Kier molecular flexibility index (Phi) is 8.59. The van der Waals surface area contributed by atoms with E-state index in [-0.39, 0.29) is 11.8 Å². The zero-order chi connectivity index (χ0) is 25.7. The number of likely N-dealkylation sites (tertiary alicyclic amines) is 1. The predicted octanol–water partition coefficient (Wildman–Crippen LogP) is 4.89. The number of hydrogen-bond donors (Lipinski definition) is 2. The molecule has 0 bridgehead atoms. The summed E-state index contributed by atoms with van der Waals surface area (Å²) in [6, 6.07) is 10.9. The standard InChI is InChI=1S/C28H35N3O4S/c1-18-12-19(2)17-31(16-18)11-5-10-29-27(32)21-7-9-25-22(15-21)30-28(33)26(36-25)14-20-6-8-23(34-3)24(13-20)35-4/h6-9,13-15,18-19H,5,10-12,16-17H2,1-4H3,(H,29,32)(H,30,33). The SMILES string of the molecule is COc1ccc(C=C2Sc3ccc(C(=O)NCCCN4CC(C)CC(C)C4)cc3NC2=O)cc1OC. The Labute approximate surface area is 217 Å². The number of thioether (sulfide) groups is 1. The minimum Gasteiger partial charge on any atom is -0.493 e. The van der Waals surface area contributed by atoms with E-state index >= 15 is 0 Å². The van der Waals surface area contributed by atoms with E-state index in [1.807, 2.05) is 30.3 Å². The molecule has 2 aromatic rings. The van der Waals surface area contributed by atoms with Crippen LogP contribution in [0.3, 0.4) is 0 Å². The van der Waals surface area contributed by atoms with Gasteiger partial charge in [0.15, 0.2) is 11.5 Å². The van der Waals surface area contributed by atoms with Crippen molar-refractivity contribution in [3.05, 3.63) is 52.4 Å². The first-order valence-corrected chi connectivity index (χ1v) is 13.3. The maximum atomic E-state index is 12.8. The maximum Gasteiger partial charge on any atom is 0.262 e. The third-order valence-electron chi connectivity index (χ3n) is 6.52. The summed E-state index contributed by atoms with van der Waals surface area (Å²) in [7, 11) is 3.17. The van der Waals surface area contributed by atoms with Gasteiger partial charge < -0.3 is 25.0 Å². The summed E-state index contributed by atoms with van der Waals surface area (Å²) in [5.41, 5.74) is 2.03. The molecule has 4 rings (SSSR count). The minimum atomic E-state index is -0.204. The Morgan fingerprint density at radius 1 is 1.11 bits per heavy atom. The van der Waals surface area contributed by atoms with E-state index in [1.165, 1.54) is 18.2 Å². The highest BCUT2D eigenvalue weighted by atomic mass is 32.2. The number of hydrogen-bond acceptors (Lipinski definition) is 6. The highest BCUT2D eigenvalue weighted by molar-refractivity contribution is 8.04. The van der Waals surface area contributed by atoms with Gasteiger partial charge in [0.05, 0.1) is 24.8 Å². The molecule has 2 atom stereocenters. The van der Waals surface area contributed by atoms with Gasteiger partial charge in [-0.3, -0.25) is 9.59 Å². The first-order valence-electron chi connectivity index (χ1n) is 12.4. The summed E-state index contributed by atoms with van der Waals surface area (Å²) < 4.78 is 10.6. The summed E-state index contributed by atoms with van der Waals surface area (Å²) in [6.07, 6.45) is 4.04. The van der Waals surface area contributed by atoms with Crippen LogP contribution < -0.4 is 20.1 Å². The van der Waals surface area contributed by atoms with E-state index in [2.05, 4.69) is 29.4 Å². The van der Waals surface area contributed by atoms with Gasteiger partial charge in [-0.25, -0.2) is 0 Å². The lowest BCUT2D eigenvalue weighted by atomic mass is 9.92. The smallest absolute Gasteiger partial charge is 0.262 e. The molecular weight excluding hydrogens is 474 g/mol. The molecule has 7 nitrogen and oxygen atoms in total. The number of benzene rings is 2. The molecule has 0 radical (unpaired) electrons. The highest BCUT2D eigenvalue weighted by Crippen LogP contribution is 2.40. The topological polar surface area (TPSA) is 79.9 Å². The van der Waals surface area contributed by atoms with Crippen molar-refractivity contribution in [2.45, 2.75) is 31.6 Å². The average Bonchev–Trinajstić information content (AvgIpc) is 2.86. The Morgan fingerprint density at radius 3 is 2.58 bits per heavy atom. The zero-order valence-electron chi connectivity index (χ0n) is 21.4. The molecule has 2 aromatic carbocycles. The molecule has 192 valence electrons. The molecule has 2 heterocycles. The van der Waals surface area contributed by atoms with Crippen LogP contribution in [0.4, 0.5) is 5.69 Å². The number of methoxy groups -OCH3 is 2. The fourth-order valence-corrected chi connectivity index (χ4v) is 5.91. The molecule has 1 saturated heterocycles. The number of rotatable bonds is 8. The van der Waals surface area contributed by atoms with Crippen molar-refractivity contribution in [1.82, 2.24) is 10.2 Å². The van der Waals surface area contributed by atoms with E-state index in [1.54, 1.807) is 26.4 Å². The molecule has 0 aliphatic carbocycles. The Hall–Kier alpha value is -2.97. The molecule has 0 saturated carbocycles. The number of carbonyl (C=O) groups is 2. The van der Waals surface area contributed by atoms with E-state index in [0.29, 0.717) is 34.2 Å². The second-order valence-electron chi connectivity index (χ2n) is 9.71. The molecule has 2 amide bonds. The van der Waals surface area contributed by atoms with Crippen LogP contribution in [0.1, 0.15) is 42.6 Å². The minimum absolute atomic E-state index is 0.121. The predicted molar refractivity (Wildman–Crippen MR) is 145 cm³/mol. The molecule has 0 aromatic heterocycles. The second kappa shape index (κ2) is 11.8. The average molecular weight is 510 g/mol. The summed E-state index contributed by atoms with van der Waals surface area (Å²) in [5.74, 6) is 2.38. The first kappa shape index (κ1) is 26.1. The van der Waals surface area contributed by atoms with Crippen molar-refractivity contribution < 1.29 is 19.1 Å². The number of ether oxygens (including phenoxy) is 2. The summed E-state index contributed by atoms with van der Waals surface area (Å²) in [6.45, 7) is 8.54. The monoisotopic (exact) mass is 509 g/mol. The summed E-state index contributed by atoms with van der Waals surface area (Å²) in [4.78, 5) is 29.4. The maximum absolute atomic E-state index is 12.8. The molecular formula is C28H35N3O4S. The summed E-state index contributed by atoms with van der Waals surface area (Å²) >= 11 is 1.38. The van der Waals surface area contributed by atoms with Crippen molar-refractivity contribution in [2.24, 2.45) is 11.8 Å². The van der Waals surface area contributed by atoms with Crippen LogP contribution in [0, 0.1) is 11.8 Å².